The quantitative estimate of drug-likeness (QED) is 0.178. The number of ether oxygens (including phenoxy) is 2. The van der Waals surface area contributed by atoms with Crippen molar-refractivity contribution in [2.75, 3.05) is 0 Å². The van der Waals surface area contributed by atoms with Crippen LogP contribution in [-0.2, 0) is 5.41 Å². The largest absolute Gasteiger partial charge is 0.449 e. The zero-order valence-electron chi connectivity index (χ0n) is 26.8. The third kappa shape index (κ3) is 5.04. The molecule has 0 N–H and O–H groups in total. The van der Waals surface area contributed by atoms with E-state index in [1.807, 2.05) is 63.3 Å². The van der Waals surface area contributed by atoms with E-state index in [0.29, 0.717) is 29.0 Å². The Bertz CT molecular complexity index is 2150. The van der Waals surface area contributed by atoms with Gasteiger partial charge in [0.1, 0.15) is 0 Å². The summed E-state index contributed by atoms with van der Waals surface area (Å²) in [4.78, 5) is 14.4. The summed E-state index contributed by atoms with van der Waals surface area (Å²) >= 11 is 0. The van der Waals surface area contributed by atoms with Crippen LogP contribution in [0.2, 0.25) is 0 Å². The molecule has 0 bridgehead atoms. The van der Waals surface area contributed by atoms with Gasteiger partial charge in [0.05, 0.1) is 0 Å². The molecular formula is C41H35N3O2. The van der Waals surface area contributed by atoms with Crippen LogP contribution in [-0.4, -0.2) is 15.0 Å². The summed E-state index contributed by atoms with van der Waals surface area (Å²) in [5.41, 5.74) is 10.3. The monoisotopic (exact) mass is 601 g/mol. The molecule has 0 amide bonds. The Morgan fingerprint density at radius 3 is 2.17 bits per heavy atom. The second-order valence-corrected chi connectivity index (χ2v) is 12.5. The third-order valence-corrected chi connectivity index (χ3v) is 8.59. The van der Waals surface area contributed by atoms with Crippen molar-refractivity contribution in [2.45, 2.75) is 40.0 Å². The molecule has 0 unspecified atom stereocenters. The normalized spacial score (nSPS) is 14.1. The summed E-state index contributed by atoms with van der Waals surface area (Å²) in [7, 11) is 0. The van der Waals surface area contributed by atoms with Gasteiger partial charge in [0.15, 0.2) is 40.5 Å². The lowest BCUT2D eigenvalue weighted by atomic mass is 9.82. The van der Waals surface area contributed by atoms with Gasteiger partial charge in [-0.2, -0.15) is 0 Å². The van der Waals surface area contributed by atoms with E-state index in [1.165, 1.54) is 22.3 Å². The van der Waals surface area contributed by atoms with Crippen molar-refractivity contribution in [3.63, 3.8) is 0 Å². The van der Waals surface area contributed by atoms with Crippen molar-refractivity contribution in [3.05, 3.63) is 139 Å². The van der Waals surface area contributed by atoms with Crippen molar-refractivity contribution < 1.29 is 9.47 Å². The number of aromatic nitrogens is 3. The molecule has 2 heterocycles. The van der Waals surface area contributed by atoms with Gasteiger partial charge < -0.3 is 9.47 Å². The SMILES string of the molecule is C=C(C)/C=C(\C)c1nc(C(=C)/C=C\C)nc(-c2cccc(-c3ccc4c(c3)Oc3cc5c(cc3O4)-c3ccccc3C5(C)C)c2)n1. The molecule has 0 atom stereocenters. The zero-order chi connectivity index (χ0) is 32.2. The van der Waals surface area contributed by atoms with E-state index in [4.69, 9.17) is 24.4 Å². The van der Waals surface area contributed by atoms with Gasteiger partial charge in [-0.1, -0.05) is 99.3 Å². The Morgan fingerprint density at radius 2 is 1.37 bits per heavy atom. The predicted octanol–water partition coefficient (Wildman–Crippen LogP) is 11.0. The van der Waals surface area contributed by atoms with Crippen LogP contribution in [0.25, 0.3) is 44.8 Å². The maximum atomic E-state index is 6.52. The van der Waals surface area contributed by atoms with Crippen LogP contribution in [0, 0.1) is 0 Å². The first-order chi connectivity index (χ1) is 22.1. The number of allylic oxidation sites excluding steroid dienone is 6. The average molecular weight is 602 g/mol. The van der Waals surface area contributed by atoms with E-state index in [9.17, 15) is 0 Å². The first-order valence-corrected chi connectivity index (χ1v) is 15.4. The van der Waals surface area contributed by atoms with Gasteiger partial charge in [-0.15, -0.1) is 0 Å². The van der Waals surface area contributed by atoms with Crippen LogP contribution < -0.4 is 9.47 Å². The second-order valence-electron chi connectivity index (χ2n) is 12.5. The standard InChI is InChI=1S/C41H35N3O2/c1-8-12-25(4)38-42-39(26(5)19-24(2)3)44-40(43-38)29-14-11-13-27(20-29)28-17-18-34-35(21-28)46-37-23-33-31(22-36(37)45-34)30-15-9-10-16-32(30)41(33,6)7/h8-23H,2,4H2,1,3,5-7H3/b12-8-,26-19+. The van der Waals surface area contributed by atoms with Gasteiger partial charge in [-0.3, -0.25) is 0 Å². The highest BCUT2D eigenvalue weighted by atomic mass is 16.6. The molecule has 0 saturated carbocycles. The van der Waals surface area contributed by atoms with Gasteiger partial charge >= 0.3 is 0 Å². The molecule has 1 aromatic heterocycles. The molecule has 0 saturated heterocycles. The van der Waals surface area contributed by atoms with Gasteiger partial charge in [-0.25, -0.2) is 15.0 Å². The molecule has 46 heavy (non-hydrogen) atoms. The topological polar surface area (TPSA) is 57.1 Å². The molecule has 2 aliphatic rings. The second kappa shape index (κ2) is 11.1. The Morgan fingerprint density at radius 1 is 0.674 bits per heavy atom. The minimum absolute atomic E-state index is 0.125. The number of benzene rings is 4. The molecule has 0 radical (unpaired) electrons. The molecule has 1 aliphatic heterocycles. The lowest BCUT2D eigenvalue weighted by molar-refractivity contribution is 0.359. The molecule has 226 valence electrons. The fourth-order valence-corrected chi connectivity index (χ4v) is 6.33. The number of hydrogen-bond acceptors (Lipinski definition) is 5. The summed E-state index contributed by atoms with van der Waals surface area (Å²) < 4.78 is 12.9. The Hall–Kier alpha value is -5.55. The fourth-order valence-electron chi connectivity index (χ4n) is 6.33. The van der Waals surface area contributed by atoms with E-state index in [1.54, 1.807) is 0 Å². The molecule has 0 spiro atoms. The third-order valence-electron chi connectivity index (χ3n) is 8.59. The highest BCUT2D eigenvalue weighted by Gasteiger charge is 2.37. The van der Waals surface area contributed by atoms with Crippen LogP contribution in [0.1, 0.15) is 57.4 Å². The summed E-state index contributed by atoms with van der Waals surface area (Å²) in [6, 6.07) is 27.1. The molecule has 1 aliphatic carbocycles. The lowest BCUT2D eigenvalue weighted by Crippen LogP contribution is -2.15. The minimum atomic E-state index is -0.125. The van der Waals surface area contributed by atoms with Crippen LogP contribution in [0.5, 0.6) is 23.0 Å². The lowest BCUT2D eigenvalue weighted by Gasteiger charge is -2.25. The highest BCUT2D eigenvalue weighted by molar-refractivity contribution is 5.84. The van der Waals surface area contributed by atoms with E-state index >= 15 is 0 Å². The van der Waals surface area contributed by atoms with E-state index in [2.05, 4.69) is 81.6 Å². The molecule has 4 aromatic carbocycles. The minimum Gasteiger partial charge on any atom is -0.449 e. The Kier molecular flexibility index (Phi) is 7.05. The van der Waals surface area contributed by atoms with E-state index in [-0.39, 0.29) is 5.41 Å². The number of nitrogens with zero attached hydrogens (tertiary/aromatic N) is 3. The maximum Gasteiger partial charge on any atom is 0.170 e. The maximum absolute atomic E-state index is 6.52. The molecular weight excluding hydrogens is 566 g/mol. The summed E-state index contributed by atoms with van der Waals surface area (Å²) in [5, 5.41) is 0. The van der Waals surface area contributed by atoms with Gasteiger partial charge in [0.2, 0.25) is 0 Å². The summed E-state index contributed by atoms with van der Waals surface area (Å²) in [5.74, 6) is 4.52. The van der Waals surface area contributed by atoms with Crippen molar-refractivity contribution in [1.29, 1.82) is 0 Å². The van der Waals surface area contributed by atoms with Gasteiger partial charge in [0, 0.05) is 16.6 Å². The molecule has 5 aromatic rings. The molecule has 5 nitrogen and oxygen atoms in total. The summed E-state index contributed by atoms with van der Waals surface area (Å²) in [6.07, 6.45) is 5.80. The number of hydrogen-bond donors (Lipinski definition) is 0. The first-order valence-electron chi connectivity index (χ1n) is 15.4. The summed E-state index contributed by atoms with van der Waals surface area (Å²) in [6.45, 7) is 18.6. The van der Waals surface area contributed by atoms with Crippen LogP contribution in [0.15, 0.2) is 116 Å². The smallest absolute Gasteiger partial charge is 0.170 e. The molecule has 5 heteroatoms. The van der Waals surface area contributed by atoms with Crippen LogP contribution >= 0.6 is 0 Å². The van der Waals surface area contributed by atoms with Crippen LogP contribution in [0.3, 0.4) is 0 Å². The van der Waals surface area contributed by atoms with Gasteiger partial charge in [-0.05, 0) is 90.1 Å². The van der Waals surface area contributed by atoms with E-state index < -0.39 is 0 Å². The number of fused-ring (bicyclic) bond motifs is 5. The Labute approximate surface area is 270 Å². The zero-order valence-corrected chi connectivity index (χ0v) is 26.8. The van der Waals surface area contributed by atoms with Crippen molar-refractivity contribution >= 4 is 11.1 Å². The predicted molar refractivity (Wildman–Crippen MR) is 187 cm³/mol. The molecule has 0 fully saturated rings. The van der Waals surface area contributed by atoms with E-state index in [0.717, 1.165) is 44.9 Å². The average Bonchev–Trinajstić information content (AvgIpc) is 3.27. The Balaban J connectivity index is 1.24. The van der Waals surface area contributed by atoms with Crippen molar-refractivity contribution in [1.82, 2.24) is 15.0 Å². The van der Waals surface area contributed by atoms with Crippen molar-refractivity contribution in [3.8, 4) is 56.6 Å². The van der Waals surface area contributed by atoms with Crippen molar-refractivity contribution in [2.24, 2.45) is 0 Å². The fraction of sp³-hybridized carbons (Fsp3) is 0.146. The first kappa shape index (κ1) is 29.2. The van der Waals surface area contributed by atoms with Crippen LogP contribution in [0.4, 0.5) is 0 Å². The highest BCUT2D eigenvalue weighted by Crippen LogP contribution is 2.55. The van der Waals surface area contributed by atoms with Gasteiger partial charge in [0.25, 0.3) is 0 Å². The number of rotatable bonds is 6. The molecule has 7 rings (SSSR count).